The van der Waals surface area contributed by atoms with Gasteiger partial charge in [0.2, 0.25) is 0 Å². The molecule has 0 saturated carbocycles. The van der Waals surface area contributed by atoms with Crippen molar-refractivity contribution in [3.05, 3.63) is 0 Å². The Morgan fingerprint density at radius 1 is 1.33 bits per heavy atom. The maximum absolute atomic E-state index is 11.7. The molecule has 0 aliphatic carbocycles. The molecule has 7 heteroatoms. The SMILES string of the molecule is N=C(COCC(F)(F)F)N1CCOCC1. The Bertz CT molecular complexity index is 214. The van der Waals surface area contributed by atoms with Crippen LogP contribution in [0.25, 0.3) is 0 Å². The minimum atomic E-state index is -4.33. The van der Waals surface area contributed by atoms with Gasteiger partial charge >= 0.3 is 6.18 Å². The van der Waals surface area contributed by atoms with E-state index in [1.54, 1.807) is 4.90 Å². The average molecular weight is 226 g/mol. The molecule has 0 aromatic heterocycles. The molecular weight excluding hydrogens is 213 g/mol. The molecule has 0 unspecified atom stereocenters. The van der Waals surface area contributed by atoms with E-state index in [9.17, 15) is 13.2 Å². The van der Waals surface area contributed by atoms with Gasteiger partial charge in [-0.25, -0.2) is 0 Å². The number of alkyl halides is 3. The fourth-order valence-electron chi connectivity index (χ4n) is 1.19. The lowest BCUT2D eigenvalue weighted by Crippen LogP contribution is -2.42. The first-order valence-electron chi connectivity index (χ1n) is 4.53. The van der Waals surface area contributed by atoms with Gasteiger partial charge < -0.3 is 14.4 Å². The zero-order chi connectivity index (χ0) is 11.3. The zero-order valence-corrected chi connectivity index (χ0v) is 8.14. The topological polar surface area (TPSA) is 45.5 Å². The molecule has 0 bridgehead atoms. The second-order valence-corrected chi connectivity index (χ2v) is 3.15. The van der Waals surface area contributed by atoms with Gasteiger partial charge in [-0.2, -0.15) is 13.2 Å². The summed E-state index contributed by atoms with van der Waals surface area (Å²) in [6.07, 6.45) is -4.33. The molecule has 15 heavy (non-hydrogen) atoms. The number of nitrogens with one attached hydrogen (secondary N) is 1. The van der Waals surface area contributed by atoms with E-state index in [0.29, 0.717) is 26.3 Å². The van der Waals surface area contributed by atoms with Crippen molar-refractivity contribution in [3.8, 4) is 0 Å². The van der Waals surface area contributed by atoms with Crippen LogP contribution in [0.15, 0.2) is 0 Å². The molecule has 88 valence electrons. The summed E-state index contributed by atoms with van der Waals surface area (Å²) in [5, 5.41) is 7.47. The molecule has 1 aliphatic heterocycles. The van der Waals surface area contributed by atoms with Crippen molar-refractivity contribution in [3.63, 3.8) is 0 Å². The van der Waals surface area contributed by atoms with Crippen molar-refractivity contribution in [1.29, 1.82) is 5.41 Å². The van der Waals surface area contributed by atoms with Crippen LogP contribution in [0.1, 0.15) is 0 Å². The lowest BCUT2D eigenvalue weighted by molar-refractivity contribution is -0.170. The highest BCUT2D eigenvalue weighted by Crippen LogP contribution is 2.14. The number of rotatable bonds is 3. The van der Waals surface area contributed by atoms with E-state index in [1.807, 2.05) is 0 Å². The number of amidine groups is 1. The highest BCUT2D eigenvalue weighted by atomic mass is 19.4. The van der Waals surface area contributed by atoms with Gasteiger partial charge in [-0.1, -0.05) is 0 Å². The van der Waals surface area contributed by atoms with Crippen molar-refractivity contribution < 1.29 is 22.6 Å². The molecule has 0 aromatic carbocycles. The lowest BCUT2D eigenvalue weighted by Gasteiger charge is -2.28. The molecule has 0 amide bonds. The van der Waals surface area contributed by atoms with Gasteiger partial charge in [0.1, 0.15) is 19.0 Å². The standard InChI is InChI=1S/C8H13F3N2O2/c9-8(10,11)6-15-5-7(12)13-1-3-14-4-2-13/h12H,1-6H2. The molecule has 1 N–H and O–H groups in total. The Balaban J connectivity index is 2.17. The quantitative estimate of drug-likeness (QED) is 0.574. The average Bonchev–Trinajstić information content (AvgIpc) is 2.17. The minimum Gasteiger partial charge on any atom is -0.378 e. The van der Waals surface area contributed by atoms with Gasteiger partial charge in [-0.15, -0.1) is 0 Å². The predicted octanol–water partition coefficient (Wildman–Crippen LogP) is 0.875. The molecule has 0 radical (unpaired) electrons. The first-order chi connectivity index (χ1) is 6.99. The summed E-state index contributed by atoms with van der Waals surface area (Å²) < 4.78 is 44.6. The van der Waals surface area contributed by atoms with E-state index >= 15 is 0 Å². The zero-order valence-electron chi connectivity index (χ0n) is 8.14. The molecule has 1 heterocycles. The highest BCUT2D eigenvalue weighted by Gasteiger charge is 2.27. The second kappa shape index (κ2) is 5.32. The van der Waals surface area contributed by atoms with Gasteiger partial charge in [0, 0.05) is 13.1 Å². The summed E-state index contributed by atoms with van der Waals surface area (Å²) in [5.74, 6) is 0.0718. The van der Waals surface area contributed by atoms with Crippen LogP contribution in [0.2, 0.25) is 0 Å². The van der Waals surface area contributed by atoms with Crippen LogP contribution in [0.3, 0.4) is 0 Å². The monoisotopic (exact) mass is 226 g/mol. The molecule has 1 rings (SSSR count). The van der Waals surface area contributed by atoms with Crippen LogP contribution in [0, 0.1) is 5.41 Å². The molecule has 0 aromatic rings. The van der Waals surface area contributed by atoms with Crippen molar-refractivity contribution >= 4 is 5.84 Å². The largest absolute Gasteiger partial charge is 0.411 e. The Labute approximate surface area is 85.5 Å². The maximum Gasteiger partial charge on any atom is 0.411 e. The maximum atomic E-state index is 11.7. The first kappa shape index (κ1) is 12.3. The van der Waals surface area contributed by atoms with E-state index in [2.05, 4.69) is 4.74 Å². The second-order valence-electron chi connectivity index (χ2n) is 3.15. The predicted molar refractivity (Wildman–Crippen MR) is 47.0 cm³/mol. The summed E-state index contributed by atoms with van der Waals surface area (Å²) in [5.41, 5.74) is 0. The number of hydrogen-bond donors (Lipinski definition) is 1. The Hall–Kier alpha value is -0.820. The van der Waals surface area contributed by atoms with E-state index in [0.717, 1.165) is 0 Å². The van der Waals surface area contributed by atoms with Crippen LogP contribution < -0.4 is 0 Å². The third kappa shape index (κ3) is 4.98. The molecule has 0 atom stereocenters. The molecule has 4 nitrogen and oxygen atoms in total. The molecular formula is C8H13F3N2O2. The fraction of sp³-hybridized carbons (Fsp3) is 0.875. The number of morpholine rings is 1. The fourth-order valence-corrected chi connectivity index (χ4v) is 1.19. The van der Waals surface area contributed by atoms with E-state index in [4.69, 9.17) is 10.1 Å². The summed E-state index contributed by atoms with van der Waals surface area (Å²) in [6, 6.07) is 0. The normalized spacial score (nSPS) is 17.9. The van der Waals surface area contributed by atoms with Crippen LogP contribution in [0.4, 0.5) is 13.2 Å². The van der Waals surface area contributed by atoms with Crippen molar-refractivity contribution in [2.45, 2.75) is 6.18 Å². The van der Waals surface area contributed by atoms with Crippen LogP contribution in [0.5, 0.6) is 0 Å². The number of halogens is 3. The van der Waals surface area contributed by atoms with Gasteiger partial charge in [0.15, 0.2) is 0 Å². The summed E-state index contributed by atoms with van der Waals surface area (Å²) >= 11 is 0. The highest BCUT2D eigenvalue weighted by molar-refractivity contribution is 5.80. The third-order valence-electron chi connectivity index (χ3n) is 1.90. The van der Waals surface area contributed by atoms with E-state index in [-0.39, 0.29) is 12.4 Å². The lowest BCUT2D eigenvalue weighted by atomic mass is 10.4. The van der Waals surface area contributed by atoms with Gasteiger partial charge in [0.25, 0.3) is 0 Å². The van der Waals surface area contributed by atoms with Crippen LogP contribution in [-0.4, -0.2) is 56.4 Å². The number of nitrogens with zero attached hydrogens (tertiary/aromatic N) is 1. The molecule has 0 spiro atoms. The molecule has 1 saturated heterocycles. The van der Waals surface area contributed by atoms with Crippen LogP contribution in [-0.2, 0) is 9.47 Å². The van der Waals surface area contributed by atoms with Crippen LogP contribution >= 0.6 is 0 Å². The molecule has 1 fully saturated rings. The Morgan fingerprint density at radius 3 is 2.47 bits per heavy atom. The van der Waals surface area contributed by atoms with Crippen molar-refractivity contribution in [1.82, 2.24) is 4.90 Å². The number of ether oxygens (including phenoxy) is 2. The minimum absolute atomic E-state index is 0.0718. The summed E-state index contributed by atoms with van der Waals surface area (Å²) in [7, 11) is 0. The first-order valence-corrected chi connectivity index (χ1v) is 4.53. The molecule has 1 aliphatic rings. The van der Waals surface area contributed by atoms with Gasteiger partial charge in [-0.05, 0) is 0 Å². The van der Waals surface area contributed by atoms with E-state index in [1.165, 1.54) is 0 Å². The summed E-state index contributed by atoms with van der Waals surface area (Å²) in [4.78, 5) is 1.65. The number of hydrogen-bond acceptors (Lipinski definition) is 3. The van der Waals surface area contributed by atoms with Gasteiger partial charge in [0.05, 0.1) is 13.2 Å². The third-order valence-corrected chi connectivity index (χ3v) is 1.90. The van der Waals surface area contributed by atoms with E-state index < -0.39 is 12.8 Å². The summed E-state index contributed by atoms with van der Waals surface area (Å²) in [6.45, 7) is 0.463. The van der Waals surface area contributed by atoms with Crippen molar-refractivity contribution in [2.24, 2.45) is 0 Å². The Kier molecular flexibility index (Phi) is 4.34. The Morgan fingerprint density at radius 2 is 1.93 bits per heavy atom. The van der Waals surface area contributed by atoms with Gasteiger partial charge in [-0.3, -0.25) is 5.41 Å². The van der Waals surface area contributed by atoms with Crippen molar-refractivity contribution in [2.75, 3.05) is 39.5 Å². The smallest absolute Gasteiger partial charge is 0.378 e.